The lowest BCUT2D eigenvalue weighted by Crippen LogP contribution is -2.52. The van der Waals surface area contributed by atoms with Gasteiger partial charge in [-0.3, -0.25) is 4.90 Å². The van der Waals surface area contributed by atoms with Gasteiger partial charge in [0.05, 0.1) is 13.2 Å². The molecule has 1 heterocycles. The van der Waals surface area contributed by atoms with Crippen molar-refractivity contribution >= 4 is 0 Å². The van der Waals surface area contributed by atoms with Gasteiger partial charge in [-0.05, 0) is 37.5 Å². The second kappa shape index (κ2) is 6.57. The number of hydrogen-bond acceptors (Lipinski definition) is 4. The Balaban J connectivity index is 2.06. The minimum atomic E-state index is -0.0120. The lowest BCUT2D eigenvalue weighted by atomic mass is 9.91. The zero-order valence-corrected chi connectivity index (χ0v) is 12.8. The third kappa shape index (κ3) is 3.32. The van der Waals surface area contributed by atoms with Gasteiger partial charge in [0.1, 0.15) is 5.75 Å². The van der Waals surface area contributed by atoms with E-state index in [2.05, 4.69) is 24.0 Å². The van der Waals surface area contributed by atoms with E-state index in [1.807, 2.05) is 12.1 Å². The average Bonchev–Trinajstić information content (AvgIpc) is 2.97. The first kappa shape index (κ1) is 15.3. The van der Waals surface area contributed by atoms with Gasteiger partial charge in [0.25, 0.3) is 0 Å². The number of likely N-dealkylation sites (tertiary alicyclic amines) is 1. The Kier molecular flexibility index (Phi) is 5.02. The fourth-order valence-corrected chi connectivity index (χ4v) is 2.91. The summed E-state index contributed by atoms with van der Waals surface area (Å²) in [7, 11) is 3.48. The molecule has 4 heteroatoms. The largest absolute Gasteiger partial charge is 0.497 e. The standard InChI is InChI=1S/C16H26N2O2/c1-16(12-17,18-9-8-15(11-18)20-3)10-13-4-6-14(19-2)7-5-13/h4-7,15H,8-12,17H2,1-3H3. The zero-order valence-electron chi connectivity index (χ0n) is 12.8. The van der Waals surface area contributed by atoms with E-state index >= 15 is 0 Å². The first-order valence-corrected chi connectivity index (χ1v) is 7.22. The second-order valence-electron chi connectivity index (χ2n) is 5.82. The molecule has 0 radical (unpaired) electrons. The second-order valence-corrected chi connectivity index (χ2v) is 5.82. The molecule has 1 aliphatic heterocycles. The van der Waals surface area contributed by atoms with E-state index in [4.69, 9.17) is 15.2 Å². The summed E-state index contributed by atoms with van der Waals surface area (Å²) in [6.07, 6.45) is 2.38. The number of rotatable bonds is 6. The predicted octanol–water partition coefficient (Wildman–Crippen LogP) is 1.68. The highest BCUT2D eigenvalue weighted by atomic mass is 16.5. The van der Waals surface area contributed by atoms with Crippen molar-refractivity contribution in [2.75, 3.05) is 33.9 Å². The van der Waals surface area contributed by atoms with E-state index in [0.29, 0.717) is 12.6 Å². The van der Waals surface area contributed by atoms with Gasteiger partial charge in [0.2, 0.25) is 0 Å². The number of hydrogen-bond donors (Lipinski definition) is 1. The van der Waals surface area contributed by atoms with Crippen LogP contribution in [-0.2, 0) is 11.2 Å². The van der Waals surface area contributed by atoms with Crippen LogP contribution in [0.2, 0.25) is 0 Å². The van der Waals surface area contributed by atoms with Crippen LogP contribution in [0.5, 0.6) is 5.75 Å². The van der Waals surface area contributed by atoms with Crippen molar-refractivity contribution in [3.8, 4) is 5.75 Å². The molecule has 2 atom stereocenters. The first-order chi connectivity index (χ1) is 9.61. The van der Waals surface area contributed by atoms with Crippen molar-refractivity contribution in [2.24, 2.45) is 5.73 Å². The molecule has 1 aliphatic rings. The van der Waals surface area contributed by atoms with Gasteiger partial charge in [-0.2, -0.15) is 0 Å². The van der Waals surface area contributed by atoms with Gasteiger partial charge < -0.3 is 15.2 Å². The molecule has 0 saturated carbocycles. The fourth-order valence-electron chi connectivity index (χ4n) is 2.91. The Morgan fingerprint density at radius 1 is 1.30 bits per heavy atom. The van der Waals surface area contributed by atoms with Crippen molar-refractivity contribution in [1.29, 1.82) is 0 Å². The van der Waals surface area contributed by atoms with E-state index in [0.717, 1.165) is 31.7 Å². The fraction of sp³-hybridized carbons (Fsp3) is 0.625. The monoisotopic (exact) mass is 278 g/mol. The van der Waals surface area contributed by atoms with Crippen LogP contribution in [-0.4, -0.2) is 50.4 Å². The molecule has 112 valence electrons. The van der Waals surface area contributed by atoms with Crippen LogP contribution < -0.4 is 10.5 Å². The van der Waals surface area contributed by atoms with Gasteiger partial charge in [0, 0.05) is 32.3 Å². The third-order valence-corrected chi connectivity index (χ3v) is 4.43. The summed E-state index contributed by atoms with van der Waals surface area (Å²) in [6, 6.07) is 8.26. The number of benzene rings is 1. The van der Waals surface area contributed by atoms with Gasteiger partial charge in [-0.15, -0.1) is 0 Å². The molecule has 1 aromatic carbocycles. The molecule has 1 fully saturated rings. The maximum absolute atomic E-state index is 6.07. The summed E-state index contributed by atoms with van der Waals surface area (Å²) in [5.41, 5.74) is 7.35. The van der Waals surface area contributed by atoms with Gasteiger partial charge >= 0.3 is 0 Å². The van der Waals surface area contributed by atoms with Crippen LogP contribution in [0.4, 0.5) is 0 Å². The van der Waals surface area contributed by atoms with Gasteiger partial charge in [0.15, 0.2) is 0 Å². The highest BCUT2D eigenvalue weighted by Crippen LogP contribution is 2.26. The maximum Gasteiger partial charge on any atom is 0.118 e. The Morgan fingerprint density at radius 3 is 2.50 bits per heavy atom. The predicted molar refractivity (Wildman–Crippen MR) is 81.1 cm³/mol. The molecule has 0 amide bonds. The number of ether oxygens (including phenoxy) is 2. The SMILES string of the molecule is COc1ccc(CC(C)(CN)N2CCC(OC)C2)cc1. The molecular formula is C16H26N2O2. The van der Waals surface area contributed by atoms with Gasteiger partial charge in [-0.25, -0.2) is 0 Å². The zero-order chi connectivity index (χ0) is 14.6. The van der Waals surface area contributed by atoms with Crippen molar-refractivity contribution in [1.82, 2.24) is 4.90 Å². The molecular weight excluding hydrogens is 252 g/mol. The Labute approximate surface area is 121 Å². The summed E-state index contributed by atoms with van der Waals surface area (Å²) in [6.45, 7) is 4.92. The summed E-state index contributed by atoms with van der Waals surface area (Å²) in [5.74, 6) is 0.892. The van der Waals surface area contributed by atoms with Crippen LogP contribution in [0.3, 0.4) is 0 Å². The molecule has 4 nitrogen and oxygen atoms in total. The van der Waals surface area contributed by atoms with Crippen LogP contribution in [0.25, 0.3) is 0 Å². The highest BCUT2D eigenvalue weighted by Gasteiger charge is 2.36. The molecule has 2 rings (SSSR count). The lowest BCUT2D eigenvalue weighted by molar-refractivity contribution is 0.0802. The average molecular weight is 278 g/mol. The van der Waals surface area contributed by atoms with Crippen LogP contribution >= 0.6 is 0 Å². The quantitative estimate of drug-likeness (QED) is 0.860. The molecule has 2 unspecified atom stereocenters. The Hall–Kier alpha value is -1.10. The summed E-state index contributed by atoms with van der Waals surface area (Å²) in [5, 5.41) is 0. The molecule has 0 aliphatic carbocycles. The van der Waals surface area contributed by atoms with E-state index in [1.165, 1.54) is 5.56 Å². The van der Waals surface area contributed by atoms with Crippen molar-refractivity contribution < 1.29 is 9.47 Å². The molecule has 20 heavy (non-hydrogen) atoms. The lowest BCUT2D eigenvalue weighted by Gasteiger charge is -2.38. The smallest absolute Gasteiger partial charge is 0.118 e. The number of methoxy groups -OCH3 is 2. The van der Waals surface area contributed by atoms with E-state index in [1.54, 1.807) is 14.2 Å². The van der Waals surface area contributed by atoms with Crippen molar-refractivity contribution in [3.63, 3.8) is 0 Å². The summed E-state index contributed by atoms with van der Waals surface area (Å²) in [4.78, 5) is 2.46. The summed E-state index contributed by atoms with van der Waals surface area (Å²) >= 11 is 0. The molecule has 2 N–H and O–H groups in total. The van der Waals surface area contributed by atoms with Crippen LogP contribution in [0.15, 0.2) is 24.3 Å². The minimum Gasteiger partial charge on any atom is -0.497 e. The molecule has 0 spiro atoms. The van der Waals surface area contributed by atoms with E-state index < -0.39 is 0 Å². The third-order valence-electron chi connectivity index (χ3n) is 4.43. The molecule has 0 aromatic heterocycles. The van der Waals surface area contributed by atoms with E-state index in [-0.39, 0.29) is 5.54 Å². The Morgan fingerprint density at radius 2 is 2.00 bits per heavy atom. The molecule has 1 aromatic rings. The first-order valence-electron chi connectivity index (χ1n) is 7.22. The number of nitrogens with zero attached hydrogens (tertiary/aromatic N) is 1. The topological polar surface area (TPSA) is 47.7 Å². The van der Waals surface area contributed by atoms with Crippen LogP contribution in [0.1, 0.15) is 18.9 Å². The Bertz CT molecular complexity index is 421. The van der Waals surface area contributed by atoms with Gasteiger partial charge in [-0.1, -0.05) is 12.1 Å². The molecule has 1 saturated heterocycles. The number of nitrogens with two attached hydrogens (primary N) is 1. The highest BCUT2D eigenvalue weighted by molar-refractivity contribution is 5.28. The normalized spacial score (nSPS) is 22.7. The maximum atomic E-state index is 6.07. The van der Waals surface area contributed by atoms with Crippen molar-refractivity contribution in [2.45, 2.75) is 31.4 Å². The summed E-state index contributed by atoms with van der Waals surface area (Å²) < 4.78 is 10.7. The van der Waals surface area contributed by atoms with Crippen LogP contribution in [0, 0.1) is 0 Å². The van der Waals surface area contributed by atoms with Crippen molar-refractivity contribution in [3.05, 3.63) is 29.8 Å². The minimum absolute atomic E-state index is 0.0120. The molecule has 0 bridgehead atoms. The van der Waals surface area contributed by atoms with E-state index in [9.17, 15) is 0 Å².